The van der Waals surface area contributed by atoms with E-state index in [1.807, 2.05) is 0 Å². The molecule has 0 saturated carbocycles. The number of rotatable bonds is 77. The molecule has 6 nitrogen and oxygen atoms in total. The lowest BCUT2D eigenvalue weighted by Gasteiger charge is -2.22. The van der Waals surface area contributed by atoms with Gasteiger partial charge in [0, 0.05) is 12.8 Å². The number of esters is 1. The molecule has 0 aromatic carbocycles. The Bertz CT molecular complexity index is 1320. The predicted octanol–water partition coefficient (Wildman–Crippen LogP) is 26.7. The molecule has 0 aliphatic carbocycles. The van der Waals surface area contributed by atoms with Crippen LogP contribution in [0, 0.1) is 0 Å². The maximum Gasteiger partial charge on any atom is 0.305 e. The SMILES string of the molecule is CCCCCCCCCCCCCCCCCCCCCCCCC(O)C(CO)NC(=O)CCCCCCCCCCCCCCCCCCC/C=C\CCCCCCCCCCCCCCCCOC(=O)CCCCCCCCCCCCCCC. The Balaban J connectivity index is 3.34. The molecule has 2 atom stereocenters. The number of aliphatic hydroxyl groups is 2. The van der Waals surface area contributed by atoms with E-state index in [0.29, 0.717) is 25.9 Å². The topological polar surface area (TPSA) is 95.9 Å². The highest BCUT2D eigenvalue weighted by Gasteiger charge is 2.20. The summed E-state index contributed by atoms with van der Waals surface area (Å²) >= 11 is 0. The van der Waals surface area contributed by atoms with Gasteiger partial charge in [0.2, 0.25) is 5.91 Å². The number of carbonyl (C=O) groups excluding carboxylic acids is 2. The lowest BCUT2D eigenvalue weighted by atomic mass is 10.0. The number of hydrogen-bond acceptors (Lipinski definition) is 5. The second-order valence-electron chi connectivity index (χ2n) is 28.1. The van der Waals surface area contributed by atoms with Crippen molar-refractivity contribution in [2.24, 2.45) is 0 Å². The molecule has 0 fully saturated rings. The Kier molecular flexibility index (Phi) is 75.8. The van der Waals surface area contributed by atoms with Gasteiger partial charge in [-0.05, 0) is 51.4 Å². The Hall–Kier alpha value is -1.40. The van der Waals surface area contributed by atoms with E-state index in [-0.39, 0.29) is 18.5 Å². The van der Waals surface area contributed by atoms with Crippen molar-refractivity contribution in [3.63, 3.8) is 0 Å². The first kappa shape index (κ1) is 85.6. The van der Waals surface area contributed by atoms with Crippen LogP contribution in [0.4, 0.5) is 0 Å². The van der Waals surface area contributed by atoms with Crippen molar-refractivity contribution >= 4 is 11.9 Å². The molecule has 0 rings (SSSR count). The van der Waals surface area contributed by atoms with Crippen LogP contribution < -0.4 is 5.32 Å². The molecule has 2 unspecified atom stereocenters. The molecule has 0 aromatic heterocycles. The fourth-order valence-electron chi connectivity index (χ4n) is 13.2. The van der Waals surface area contributed by atoms with Crippen molar-refractivity contribution in [3.8, 4) is 0 Å². The summed E-state index contributed by atoms with van der Waals surface area (Å²) in [5.74, 6) is -0.00244. The van der Waals surface area contributed by atoms with Gasteiger partial charge in [-0.1, -0.05) is 418 Å². The van der Waals surface area contributed by atoms with E-state index in [0.717, 1.165) is 38.5 Å². The second kappa shape index (κ2) is 77.1. The molecule has 87 heavy (non-hydrogen) atoms. The van der Waals surface area contributed by atoms with Crippen molar-refractivity contribution in [1.29, 1.82) is 0 Å². The van der Waals surface area contributed by atoms with Gasteiger partial charge in [0.1, 0.15) is 0 Å². The van der Waals surface area contributed by atoms with E-state index in [4.69, 9.17) is 4.74 Å². The summed E-state index contributed by atoms with van der Waals surface area (Å²) in [6, 6.07) is -0.539. The standard InChI is InChI=1S/C81H159NO5/c1-3-5-7-9-11-13-15-17-18-19-20-21-37-40-43-46-50-53-57-61-65-69-73-79(84)78(77-83)82-80(85)74-70-66-62-58-54-51-47-44-41-38-35-33-31-29-27-25-23-22-24-26-28-30-32-34-36-39-42-45-48-52-56-60-64-68-72-76-87-81(86)75-71-67-63-59-55-49-16-14-12-10-8-6-4-2/h24,26,78-79,83-84H,3-23,25,27-77H2,1-2H3,(H,82,85)/b26-24-. The van der Waals surface area contributed by atoms with Crippen LogP contribution in [0.3, 0.4) is 0 Å². The normalized spacial score (nSPS) is 12.5. The van der Waals surface area contributed by atoms with Crippen LogP contribution in [0.25, 0.3) is 0 Å². The zero-order valence-electron chi connectivity index (χ0n) is 59.5. The summed E-state index contributed by atoms with van der Waals surface area (Å²) in [5, 5.41) is 23.5. The number of carbonyl (C=O) groups is 2. The van der Waals surface area contributed by atoms with E-state index in [1.165, 1.54) is 398 Å². The molecule has 0 saturated heterocycles. The first-order valence-electron chi connectivity index (χ1n) is 40.4. The Morgan fingerprint density at radius 3 is 0.816 bits per heavy atom. The number of nitrogens with one attached hydrogen (secondary N) is 1. The average molecular weight is 1230 g/mol. The van der Waals surface area contributed by atoms with E-state index >= 15 is 0 Å². The number of ether oxygens (including phenoxy) is 1. The van der Waals surface area contributed by atoms with Gasteiger partial charge in [0.05, 0.1) is 25.4 Å². The van der Waals surface area contributed by atoms with Gasteiger partial charge < -0.3 is 20.3 Å². The monoisotopic (exact) mass is 1230 g/mol. The second-order valence-corrected chi connectivity index (χ2v) is 28.1. The number of unbranched alkanes of at least 4 members (excludes halogenated alkanes) is 64. The molecular weight excluding hydrogens is 1070 g/mol. The quantitative estimate of drug-likeness (QED) is 0.0320. The summed E-state index contributed by atoms with van der Waals surface area (Å²) in [7, 11) is 0. The van der Waals surface area contributed by atoms with Gasteiger partial charge in [-0.2, -0.15) is 0 Å². The average Bonchev–Trinajstić information content (AvgIpc) is 3.57. The Morgan fingerprint density at radius 1 is 0.310 bits per heavy atom. The van der Waals surface area contributed by atoms with Gasteiger partial charge >= 0.3 is 5.97 Å². The van der Waals surface area contributed by atoms with Gasteiger partial charge in [0.15, 0.2) is 0 Å². The molecule has 0 aromatic rings. The number of hydrogen-bond donors (Lipinski definition) is 3. The third-order valence-corrected chi connectivity index (χ3v) is 19.3. The molecule has 1 amide bonds. The summed E-state index contributed by atoms with van der Waals surface area (Å²) < 4.78 is 5.50. The minimum absolute atomic E-state index is 0.0230. The van der Waals surface area contributed by atoms with Crippen molar-refractivity contribution < 1.29 is 24.5 Å². The van der Waals surface area contributed by atoms with Crippen molar-refractivity contribution in [1.82, 2.24) is 5.32 Å². The first-order valence-corrected chi connectivity index (χ1v) is 40.4. The van der Waals surface area contributed by atoms with E-state index in [9.17, 15) is 19.8 Å². The van der Waals surface area contributed by atoms with Crippen LogP contribution in [0.1, 0.15) is 470 Å². The molecular formula is C81H159NO5. The van der Waals surface area contributed by atoms with Crippen LogP contribution in [-0.2, 0) is 14.3 Å². The Labute approximate surface area is 546 Å². The lowest BCUT2D eigenvalue weighted by Crippen LogP contribution is -2.45. The maximum absolute atomic E-state index is 12.6. The molecule has 0 spiro atoms. The highest BCUT2D eigenvalue weighted by Crippen LogP contribution is 2.20. The minimum atomic E-state index is -0.662. The fourth-order valence-corrected chi connectivity index (χ4v) is 13.2. The summed E-state index contributed by atoms with van der Waals surface area (Å²) in [5.41, 5.74) is 0. The van der Waals surface area contributed by atoms with Crippen LogP contribution >= 0.6 is 0 Å². The molecule has 0 radical (unpaired) electrons. The molecule has 0 heterocycles. The van der Waals surface area contributed by atoms with Gasteiger partial charge in [-0.15, -0.1) is 0 Å². The van der Waals surface area contributed by atoms with Crippen LogP contribution in [0.15, 0.2) is 12.2 Å². The third-order valence-electron chi connectivity index (χ3n) is 19.3. The highest BCUT2D eigenvalue weighted by molar-refractivity contribution is 5.76. The van der Waals surface area contributed by atoms with Crippen molar-refractivity contribution in [2.45, 2.75) is 482 Å². The highest BCUT2D eigenvalue weighted by atomic mass is 16.5. The first-order chi connectivity index (χ1) is 43.0. The zero-order valence-corrected chi connectivity index (χ0v) is 59.5. The van der Waals surface area contributed by atoms with Crippen molar-refractivity contribution in [3.05, 3.63) is 12.2 Å². The minimum Gasteiger partial charge on any atom is -0.466 e. The smallest absolute Gasteiger partial charge is 0.305 e. The Morgan fingerprint density at radius 2 is 0.540 bits per heavy atom. The summed E-state index contributed by atoms with van der Waals surface area (Å²) in [4.78, 5) is 24.6. The molecule has 0 aliphatic heterocycles. The summed E-state index contributed by atoms with van der Waals surface area (Å²) in [6.45, 7) is 5.01. The number of amides is 1. The maximum atomic E-state index is 12.6. The molecule has 0 aliphatic rings. The van der Waals surface area contributed by atoms with E-state index in [2.05, 4.69) is 31.3 Å². The summed E-state index contributed by atoms with van der Waals surface area (Å²) in [6.07, 6.45) is 97.4. The molecule has 518 valence electrons. The number of allylic oxidation sites excluding steroid dienone is 2. The molecule has 3 N–H and O–H groups in total. The van der Waals surface area contributed by atoms with Crippen LogP contribution in [0.2, 0.25) is 0 Å². The molecule has 0 bridgehead atoms. The van der Waals surface area contributed by atoms with Gasteiger partial charge in [-0.3, -0.25) is 9.59 Å². The van der Waals surface area contributed by atoms with Crippen LogP contribution in [-0.4, -0.2) is 47.4 Å². The fraction of sp³-hybridized carbons (Fsp3) is 0.951. The van der Waals surface area contributed by atoms with Crippen LogP contribution in [0.5, 0.6) is 0 Å². The van der Waals surface area contributed by atoms with Gasteiger partial charge in [0.25, 0.3) is 0 Å². The zero-order chi connectivity index (χ0) is 62.8. The van der Waals surface area contributed by atoms with E-state index < -0.39 is 12.1 Å². The van der Waals surface area contributed by atoms with Gasteiger partial charge in [-0.25, -0.2) is 0 Å². The predicted molar refractivity (Wildman–Crippen MR) is 384 cm³/mol. The largest absolute Gasteiger partial charge is 0.466 e. The van der Waals surface area contributed by atoms with E-state index in [1.54, 1.807) is 0 Å². The van der Waals surface area contributed by atoms with Crippen molar-refractivity contribution in [2.75, 3.05) is 13.2 Å². The molecule has 6 heteroatoms. The number of aliphatic hydroxyl groups excluding tert-OH is 2. The third kappa shape index (κ3) is 73.5. The lowest BCUT2D eigenvalue weighted by molar-refractivity contribution is -0.143.